The van der Waals surface area contributed by atoms with Crippen molar-refractivity contribution in [2.75, 3.05) is 19.0 Å². The molecule has 17 heavy (non-hydrogen) atoms. The largest absolute Gasteiger partial charge is 0.353 e. The second kappa shape index (κ2) is 5.54. The summed E-state index contributed by atoms with van der Waals surface area (Å²) in [4.78, 5) is 1.97. The van der Waals surface area contributed by atoms with Crippen LogP contribution in [-0.2, 0) is 0 Å². The summed E-state index contributed by atoms with van der Waals surface area (Å²) in [6.07, 6.45) is 0. The molecule has 0 aromatic carbocycles. The third-order valence-electron chi connectivity index (χ3n) is 2.34. The molecule has 4 nitrogen and oxygen atoms in total. The van der Waals surface area contributed by atoms with Crippen molar-refractivity contribution in [1.29, 1.82) is 0 Å². The van der Waals surface area contributed by atoms with Crippen LogP contribution in [0.4, 0.5) is 5.13 Å². The quantitative estimate of drug-likeness (QED) is 0.855. The topological polar surface area (TPSA) is 55.0 Å². The van der Waals surface area contributed by atoms with Gasteiger partial charge in [-0.25, -0.2) is 0 Å². The van der Waals surface area contributed by atoms with Crippen LogP contribution >= 0.6 is 23.1 Å². The van der Waals surface area contributed by atoms with Crippen LogP contribution < -0.4 is 10.6 Å². The zero-order valence-corrected chi connectivity index (χ0v) is 13.0. The lowest BCUT2D eigenvalue weighted by Gasteiger charge is -2.32. The maximum Gasteiger partial charge on any atom is 0.208 e. The van der Waals surface area contributed by atoms with Crippen molar-refractivity contribution in [2.24, 2.45) is 11.1 Å². The lowest BCUT2D eigenvalue weighted by atomic mass is 9.88. The number of rotatable bonds is 4. The van der Waals surface area contributed by atoms with Gasteiger partial charge in [-0.3, -0.25) is 0 Å². The molecule has 98 valence electrons. The van der Waals surface area contributed by atoms with E-state index in [2.05, 4.69) is 37.9 Å². The SMILES string of the molecule is CC(N)C(Sc1nnc(N(C)C)s1)C(C)(C)C. The van der Waals surface area contributed by atoms with Gasteiger partial charge in [0.05, 0.1) is 0 Å². The molecule has 2 unspecified atom stereocenters. The van der Waals surface area contributed by atoms with Crippen LogP contribution in [0.1, 0.15) is 27.7 Å². The third kappa shape index (κ3) is 4.12. The summed E-state index contributed by atoms with van der Waals surface area (Å²) < 4.78 is 0.992. The minimum absolute atomic E-state index is 0.131. The first-order valence-corrected chi connectivity index (χ1v) is 7.34. The van der Waals surface area contributed by atoms with Crippen LogP contribution in [-0.4, -0.2) is 35.6 Å². The van der Waals surface area contributed by atoms with Crippen molar-refractivity contribution < 1.29 is 0 Å². The number of nitrogens with zero attached hydrogens (tertiary/aromatic N) is 3. The van der Waals surface area contributed by atoms with Crippen molar-refractivity contribution >= 4 is 28.2 Å². The Morgan fingerprint density at radius 2 is 1.88 bits per heavy atom. The first-order valence-electron chi connectivity index (χ1n) is 5.65. The summed E-state index contributed by atoms with van der Waals surface area (Å²) in [5.41, 5.74) is 6.22. The summed E-state index contributed by atoms with van der Waals surface area (Å²) >= 11 is 3.35. The molecule has 1 aromatic rings. The Bertz CT molecular complexity index is 355. The van der Waals surface area contributed by atoms with Gasteiger partial charge in [0, 0.05) is 25.4 Å². The molecule has 0 spiro atoms. The summed E-state index contributed by atoms with van der Waals surface area (Å²) in [6.45, 7) is 8.68. The molecule has 6 heteroatoms. The first-order chi connectivity index (χ1) is 7.71. The van der Waals surface area contributed by atoms with Crippen molar-refractivity contribution in [3.63, 3.8) is 0 Å². The van der Waals surface area contributed by atoms with Crippen molar-refractivity contribution in [1.82, 2.24) is 10.2 Å². The Kier molecular flexibility index (Phi) is 4.80. The molecule has 0 saturated carbocycles. The van der Waals surface area contributed by atoms with Crippen molar-refractivity contribution in [3.05, 3.63) is 0 Å². The Labute approximate surface area is 112 Å². The molecule has 1 aromatic heterocycles. The van der Waals surface area contributed by atoms with Gasteiger partial charge in [-0.05, 0) is 12.3 Å². The Balaban J connectivity index is 2.80. The predicted octanol–water partition coefficient (Wildman–Crippen LogP) is 2.46. The fraction of sp³-hybridized carbons (Fsp3) is 0.818. The van der Waals surface area contributed by atoms with E-state index >= 15 is 0 Å². The van der Waals surface area contributed by atoms with Crippen LogP contribution in [0.15, 0.2) is 4.34 Å². The highest BCUT2D eigenvalue weighted by Crippen LogP contribution is 2.39. The van der Waals surface area contributed by atoms with E-state index < -0.39 is 0 Å². The van der Waals surface area contributed by atoms with E-state index in [9.17, 15) is 0 Å². The highest BCUT2D eigenvalue weighted by molar-refractivity contribution is 8.01. The van der Waals surface area contributed by atoms with Crippen LogP contribution in [0, 0.1) is 5.41 Å². The fourth-order valence-corrected chi connectivity index (χ4v) is 3.71. The first kappa shape index (κ1) is 14.7. The molecule has 0 aliphatic carbocycles. The van der Waals surface area contributed by atoms with Gasteiger partial charge in [-0.1, -0.05) is 43.9 Å². The molecule has 0 fully saturated rings. The molecule has 0 saturated heterocycles. The average molecular weight is 274 g/mol. The number of aromatic nitrogens is 2. The molecular formula is C11H22N4S2. The third-order valence-corrected chi connectivity index (χ3v) is 5.44. The zero-order valence-electron chi connectivity index (χ0n) is 11.4. The van der Waals surface area contributed by atoms with Gasteiger partial charge >= 0.3 is 0 Å². The lowest BCUT2D eigenvalue weighted by Crippen LogP contribution is -2.38. The second-order valence-electron chi connectivity index (χ2n) is 5.51. The van der Waals surface area contributed by atoms with Gasteiger partial charge in [-0.2, -0.15) is 0 Å². The number of thioether (sulfide) groups is 1. The van der Waals surface area contributed by atoms with Crippen LogP contribution in [0.2, 0.25) is 0 Å². The maximum atomic E-state index is 6.06. The van der Waals surface area contributed by atoms with Gasteiger partial charge in [0.2, 0.25) is 5.13 Å². The van der Waals surface area contributed by atoms with Gasteiger partial charge in [-0.15, -0.1) is 10.2 Å². The standard InChI is InChI=1S/C11H22N4S2/c1-7(12)8(11(2,3)4)16-10-14-13-9(17-10)15(5)6/h7-8H,12H2,1-6H3. The Morgan fingerprint density at radius 1 is 1.29 bits per heavy atom. The molecule has 1 rings (SSSR count). The van der Waals surface area contributed by atoms with E-state index in [1.807, 2.05) is 19.0 Å². The highest BCUT2D eigenvalue weighted by Gasteiger charge is 2.30. The highest BCUT2D eigenvalue weighted by atomic mass is 32.2. The minimum Gasteiger partial charge on any atom is -0.353 e. The van der Waals surface area contributed by atoms with Gasteiger partial charge in [0.25, 0.3) is 0 Å². The predicted molar refractivity (Wildman–Crippen MR) is 77.0 cm³/mol. The number of anilines is 1. The number of hydrogen-bond acceptors (Lipinski definition) is 6. The van der Waals surface area contributed by atoms with E-state index in [-0.39, 0.29) is 11.5 Å². The van der Waals surface area contributed by atoms with Crippen LogP contribution in [0.5, 0.6) is 0 Å². The summed E-state index contributed by atoms with van der Waals surface area (Å²) in [6, 6.07) is 0.131. The number of nitrogens with two attached hydrogens (primary N) is 1. The van der Waals surface area contributed by atoms with Gasteiger partial charge in [0.15, 0.2) is 4.34 Å². The lowest BCUT2D eigenvalue weighted by molar-refractivity contribution is 0.363. The summed E-state index contributed by atoms with van der Waals surface area (Å²) in [7, 11) is 3.95. The summed E-state index contributed by atoms with van der Waals surface area (Å²) in [5, 5.41) is 9.62. The van der Waals surface area contributed by atoms with E-state index in [4.69, 9.17) is 5.73 Å². The zero-order chi connectivity index (χ0) is 13.2. The van der Waals surface area contributed by atoms with Crippen LogP contribution in [0.25, 0.3) is 0 Å². The van der Waals surface area contributed by atoms with Crippen molar-refractivity contribution in [3.8, 4) is 0 Å². The molecule has 0 amide bonds. The molecule has 0 aliphatic heterocycles. The molecule has 1 heterocycles. The smallest absolute Gasteiger partial charge is 0.208 e. The Morgan fingerprint density at radius 3 is 2.24 bits per heavy atom. The normalized spacial score (nSPS) is 15.7. The van der Waals surface area contributed by atoms with E-state index in [0.29, 0.717) is 5.25 Å². The molecule has 2 N–H and O–H groups in total. The molecule has 0 aliphatic rings. The fourth-order valence-electron chi connectivity index (χ4n) is 1.61. The van der Waals surface area contributed by atoms with E-state index in [0.717, 1.165) is 9.47 Å². The van der Waals surface area contributed by atoms with E-state index in [1.54, 1.807) is 23.1 Å². The minimum atomic E-state index is 0.131. The molecule has 2 atom stereocenters. The van der Waals surface area contributed by atoms with Gasteiger partial charge < -0.3 is 10.6 Å². The molecule has 0 bridgehead atoms. The van der Waals surface area contributed by atoms with Crippen LogP contribution in [0.3, 0.4) is 0 Å². The van der Waals surface area contributed by atoms with Gasteiger partial charge in [0.1, 0.15) is 0 Å². The monoisotopic (exact) mass is 274 g/mol. The second-order valence-corrected chi connectivity index (χ2v) is 7.85. The average Bonchev–Trinajstić information content (AvgIpc) is 2.59. The number of hydrogen-bond donors (Lipinski definition) is 1. The van der Waals surface area contributed by atoms with Crippen molar-refractivity contribution in [2.45, 2.75) is 43.3 Å². The molecular weight excluding hydrogens is 252 g/mol. The van der Waals surface area contributed by atoms with E-state index in [1.165, 1.54) is 0 Å². The molecule has 0 radical (unpaired) electrons. The Hall–Kier alpha value is -0.330. The summed E-state index contributed by atoms with van der Waals surface area (Å²) in [5.74, 6) is 0. The maximum absolute atomic E-state index is 6.06.